The molecule has 0 saturated heterocycles. The molecule has 0 aliphatic carbocycles. The highest BCUT2D eigenvalue weighted by Gasteiger charge is 2.10. The molecule has 0 radical (unpaired) electrons. The third kappa shape index (κ3) is 1.70. The number of aryl methyl sites for hydroxylation is 2. The Hall–Kier alpha value is -1.84. The summed E-state index contributed by atoms with van der Waals surface area (Å²) in [6.07, 6.45) is 5.48. The van der Waals surface area contributed by atoms with E-state index in [0.717, 1.165) is 22.6 Å². The van der Waals surface area contributed by atoms with Crippen LogP contribution >= 0.6 is 0 Å². The fourth-order valence-corrected chi connectivity index (χ4v) is 1.63. The van der Waals surface area contributed by atoms with Crippen molar-refractivity contribution in [3.8, 4) is 16.9 Å². The van der Waals surface area contributed by atoms with Gasteiger partial charge in [-0.2, -0.15) is 5.10 Å². The van der Waals surface area contributed by atoms with Crippen molar-refractivity contribution in [2.24, 2.45) is 7.05 Å². The van der Waals surface area contributed by atoms with Crippen LogP contribution in [0.1, 0.15) is 5.69 Å². The van der Waals surface area contributed by atoms with Crippen molar-refractivity contribution in [1.82, 2.24) is 14.8 Å². The van der Waals surface area contributed by atoms with Crippen LogP contribution in [0.3, 0.4) is 0 Å². The summed E-state index contributed by atoms with van der Waals surface area (Å²) < 4.78 is 7.08. The van der Waals surface area contributed by atoms with Gasteiger partial charge in [0.05, 0.1) is 12.8 Å². The van der Waals surface area contributed by atoms with E-state index in [1.54, 1.807) is 24.2 Å². The number of rotatable bonds is 2. The van der Waals surface area contributed by atoms with Crippen molar-refractivity contribution in [1.29, 1.82) is 0 Å². The average molecular weight is 203 g/mol. The number of aromatic nitrogens is 3. The molecule has 0 N–H and O–H groups in total. The molecule has 0 unspecified atom stereocenters. The molecule has 2 heterocycles. The van der Waals surface area contributed by atoms with Crippen molar-refractivity contribution in [3.05, 3.63) is 30.4 Å². The maximum atomic E-state index is 5.29. The zero-order valence-electron chi connectivity index (χ0n) is 9.06. The molecule has 0 aliphatic rings. The van der Waals surface area contributed by atoms with Crippen LogP contribution in [0.15, 0.2) is 24.7 Å². The van der Waals surface area contributed by atoms with E-state index >= 15 is 0 Å². The first-order chi connectivity index (χ1) is 7.22. The summed E-state index contributed by atoms with van der Waals surface area (Å²) in [5.41, 5.74) is 3.01. The number of hydrogen-bond acceptors (Lipinski definition) is 3. The van der Waals surface area contributed by atoms with Gasteiger partial charge >= 0.3 is 0 Å². The molecule has 15 heavy (non-hydrogen) atoms. The van der Waals surface area contributed by atoms with Gasteiger partial charge < -0.3 is 4.74 Å². The van der Waals surface area contributed by atoms with E-state index in [2.05, 4.69) is 10.1 Å². The first-order valence-corrected chi connectivity index (χ1v) is 4.71. The minimum absolute atomic E-state index is 0.820. The lowest BCUT2D eigenvalue weighted by molar-refractivity contribution is 0.416. The quantitative estimate of drug-likeness (QED) is 0.747. The summed E-state index contributed by atoms with van der Waals surface area (Å²) in [4.78, 5) is 4.10. The van der Waals surface area contributed by atoms with Crippen molar-refractivity contribution >= 4 is 0 Å². The van der Waals surface area contributed by atoms with Gasteiger partial charge in [0.25, 0.3) is 0 Å². The van der Waals surface area contributed by atoms with E-state index in [9.17, 15) is 0 Å². The lowest BCUT2D eigenvalue weighted by Crippen LogP contribution is -1.88. The van der Waals surface area contributed by atoms with Gasteiger partial charge in [-0.25, -0.2) is 0 Å². The molecule has 0 fully saturated rings. The SMILES string of the molecule is COc1ccncc1-c1cn(C)nc1C. The van der Waals surface area contributed by atoms with Gasteiger partial charge in [-0.3, -0.25) is 9.67 Å². The maximum absolute atomic E-state index is 5.29. The van der Waals surface area contributed by atoms with Crippen LogP contribution in [0.5, 0.6) is 5.75 Å². The fraction of sp³-hybridized carbons (Fsp3) is 0.273. The van der Waals surface area contributed by atoms with E-state index < -0.39 is 0 Å². The molecule has 0 atom stereocenters. The topological polar surface area (TPSA) is 39.9 Å². The summed E-state index contributed by atoms with van der Waals surface area (Å²) in [6, 6.07) is 1.85. The normalized spacial score (nSPS) is 10.3. The Morgan fingerprint density at radius 1 is 1.33 bits per heavy atom. The van der Waals surface area contributed by atoms with E-state index in [1.807, 2.05) is 26.2 Å². The van der Waals surface area contributed by atoms with Gasteiger partial charge in [0, 0.05) is 36.8 Å². The predicted molar refractivity (Wildman–Crippen MR) is 57.7 cm³/mol. The van der Waals surface area contributed by atoms with Gasteiger partial charge in [0.1, 0.15) is 5.75 Å². The molecular formula is C11H13N3O. The number of ether oxygens (including phenoxy) is 1. The van der Waals surface area contributed by atoms with Crippen LogP contribution in [-0.4, -0.2) is 21.9 Å². The summed E-state index contributed by atoms with van der Waals surface area (Å²) >= 11 is 0. The van der Waals surface area contributed by atoms with Gasteiger partial charge in [-0.1, -0.05) is 0 Å². The number of nitrogens with zero attached hydrogens (tertiary/aromatic N) is 3. The van der Waals surface area contributed by atoms with Crippen LogP contribution in [0, 0.1) is 6.92 Å². The molecule has 78 valence electrons. The molecule has 0 aliphatic heterocycles. The second-order valence-electron chi connectivity index (χ2n) is 3.38. The Bertz CT molecular complexity index is 476. The zero-order valence-corrected chi connectivity index (χ0v) is 9.06. The van der Waals surface area contributed by atoms with Crippen LogP contribution in [0.25, 0.3) is 11.1 Å². The highest BCUT2D eigenvalue weighted by molar-refractivity contribution is 5.70. The van der Waals surface area contributed by atoms with Crippen molar-refractivity contribution < 1.29 is 4.74 Å². The predicted octanol–water partition coefficient (Wildman–Crippen LogP) is 1.80. The Balaban J connectivity index is 2.58. The number of pyridine rings is 1. The third-order valence-electron chi connectivity index (χ3n) is 2.30. The molecule has 0 spiro atoms. The first kappa shape index (κ1) is 9.71. The monoisotopic (exact) mass is 203 g/mol. The smallest absolute Gasteiger partial charge is 0.129 e. The first-order valence-electron chi connectivity index (χ1n) is 4.71. The summed E-state index contributed by atoms with van der Waals surface area (Å²) in [5, 5.41) is 4.30. The van der Waals surface area contributed by atoms with Crippen LogP contribution in [0.2, 0.25) is 0 Å². The Kier molecular flexibility index (Phi) is 2.41. The Morgan fingerprint density at radius 3 is 2.73 bits per heavy atom. The standard InChI is InChI=1S/C11H13N3O/c1-8-10(7-14(2)13-8)9-6-12-5-4-11(9)15-3/h4-7H,1-3H3. The van der Waals surface area contributed by atoms with Crippen LogP contribution < -0.4 is 4.74 Å². The van der Waals surface area contributed by atoms with E-state index in [-0.39, 0.29) is 0 Å². The molecule has 4 nitrogen and oxygen atoms in total. The molecular weight excluding hydrogens is 190 g/mol. The van der Waals surface area contributed by atoms with Gasteiger partial charge in [0.15, 0.2) is 0 Å². The summed E-state index contributed by atoms with van der Waals surface area (Å²) in [5.74, 6) is 0.820. The highest BCUT2D eigenvalue weighted by Crippen LogP contribution is 2.30. The van der Waals surface area contributed by atoms with E-state index in [1.165, 1.54) is 0 Å². The second kappa shape index (κ2) is 3.73. The van der Waals surface area contributed by atoms with E-state index in [0.29, 0.717) is 0 Å². The summed E-state index contributed by atoms with van der Waals surface area (Å²) in [6.45, 7) is 1.97. The molecule has 2 aromatic heterocycles. The van der Waals surface area contributed by atoms with Crippen molar-refractivity contribution in [3.63, 3.8) is 0 Å². The number of methoxy groups -OCH3 is 1. The highest BCUT2D eigenvalue weighted by atomic mass is 16.5. The van der Waals surface area contributed by atoms with Crippen LogP contribution in [0.4, 0.5) is 0 Å². The minimum atomic E-state index is 0.820. The third-order valence-corrected chi connectivity index (χ3v) is 2.30. The molecule has 2 aromatic rings. The molecule has 0 amide bonds. The molecule has 2 rings (SSSR count). The number of hydrogen-bond donors (Lipinski definition) is 0. The largest absolute Gasteiger partial charge is 0.496 e. The Morgan fingerprint density at radius 2 is 2.13 bits per heavy atom. The zero-order chi connectivity index (χ0) is 10.8. The Labute approximate surface area is 88.5 Å². The van der Waals surface area contributed by atoms with Crippen LogP contribution in [-0.2, 0) is 7.05 Å². The van der Waals surface area contributed by atoms with Gasteiger partial charge in [-0.15, -0.1) is 0 Å². The maximum Gasteiger partial charge on any atom is 0.129 e. The van der Waals surface area contributed by atoms with E-state index in [4.69, 9.17) is 4.74 Å². The van der Waals surface area contributed by atoms with Crippen molar-refractivity contribution in [2.45, 2.75) is 6.92 Å². The molecule has 0 bridgehead atoms. The molecule has 4 heteroatoms. The minimum Gasteiger partial charge on any atom is -0.496 e. The molecule has 0 aromatic carbocycles. The molecule has 0 saturated carbocycles. The fourth-order valence-electron chi connectivity index (χ4n) is 1.63. The van der Waals surface area contributed by atoms with Gasteiger partial charge in [0.2, 0.25) is 0 Å². The van der Waals surface area contributed by atoms with Gasteiger partial charge in [-0.05, 0) is 13.0 Å². The average Bonchev–Trinajstić information content (AvgIpc) is 2.57. The van der Waals surface area contributed by atoms with Crippen molar-refractivity contribution in [2.75, 3.05) is 7.11 Å². The lowest BCUT2D eigenvalue weighted by Gasteiger charge is -2.05. The lowest BCUT2D eigenvalue weighted by atomic mass is 10.1. The summed E-state index contributed by atoms with van der Waals surface area (Å²) in [7, 11) is 3.56. The second-order valence-corrected chi connectivity index (χ2v) is 3.38.